The third-order valence-electron chi connectivity index (χ3n) is 2.74. The van der Waals surface area contributed by atoms with Gasteiger partial charge in [0.2, 0.25) is 0 Å². The van der Waals surface area contributed by atoms with Crippen molar-refractivity contribution < 1.29 is 18.3 Å². The summed E-state index contributed by atoms with van der Waals surface area (Å²) in [4.78, 5) is 13.4. The van der Waals surface area contributed by atoms with Gasteiger partial charge in [-0.05, 0) is 36.8 Å². The second kappa shape index (κ2) is 5.94. The topological polar surface area (TPSA) is 95.5 Å². The van der Waals surface area contributed by atoms with Crippen LogP contribution in [0.4, 0.5) is 0 Å². The molecule has 21 heavy (non-hydrogen) atoms. The highest BCUT2D eigenvalue weighted by Gasteiger charge is 2.19. The van der Waals surface area contributed by atoms with Crippen molar-refractivity contribution in [3.8, 4) is 5.75 Å². The Kier molecular flexibility index (Phi) is 4.25. The number of aryl methyl sites for hydroxylation is 1. The van der Waals surface area contributed by atoms with Crippen LogP contribution < -0.4 is 10.3 Å². The molecule has 110 valence electrons. The molecule has 0 aliphatic heterocycles. The molecule has 0 aliphatic rings. The lowest BCUT2D eigenvalue weighted by Gasteiger charge is -2.10. The van der Waals surface area contributed by atoms with E-state index in [0.717, 1.165) is 0 Å². The minimum Gasteiger partial charge on any atom is -0.507 e. The summed E-state index contributed by atoms with van der Waals surface area (Å²) in [5, 5.41) is 9.62. The lowest BCUT2D eigenvalue weighted by atomic mass is 10.2. The SMILES string of the molecule is Cc1ccc(O)c(S(=O)(=O)NNC(=O)c2ccccc2)c1. The largest absolute Gasteiger partial charge is 0.507 e. The first-order valence-corrected chi connectivity index (χ1v) is 7.55. The molecule has 6 nitrogen and oxygen atoms in total. The van der Waals surface area contributed by atoms with E-state index in [-0.39, 0.29) is 10.6 Å². The summed E-state index contributed by atoms with van der Waals surface area (Å²) in [7, 11) is -4.05. The molecule has 0 atom stereocenters. The third kappa shape index (κ3) is 3.59. The van der Waals surface area contributed by atoms with Gasteiger partial charge in [0.05, 0.1) is 0 Å². The summed E-state index contributed by atoms with van der Waals surface area (Å²) in [6.45, 7) is 1.70. The van der Waals surface area contributed by atoms with Crippen LogP contribution in [0.5, 0.6) is 5.75 Å². The molecule has 0 saturated carbocycles. The van der Waals surface area contributed by atoms with Crippen molar-refractivity contribution >= 4 is 15.9 Å². The van der Waals surface area contributed by atoms with Gasteiger partial charge in [0.1, 0.15) is 10.6 Å². The van der Waals surface area contributed by atoms with Crippen molar-refractivity contribution in [2.45, 2.75) is 11.8 Å². The Labute approximate surface area is 122 Å². The Morgan fingerprint density at radius 1 is 1.10 bits per heavy atom. The Hall–Kier alpha value is -2.38. The average Bonchev–Trinajstić information content (AvgIpc) is 2.48. The molecule has 0 bridgehead atoms. The molecule has 7 heteroatoms. The summed E-state index contributed by atoms with van der Waals surface area (Å²) in [6, 6.07) is 12.3. The lowest BCUT2D eigenvalue weighted by Crippen LogP contribution is -2.41. The molecule has 0 radical (unpaired) electrons. The minimum absolute atomic E-state index is 0.295. The Morgan fingerprint density at radius 3 is 2.43 bits per heavy atom. The van der Waals surface area contributed by atoms with Crippen LogP contribution in [0.15, 0.2) is 53.4 Å². The number of benzene rings is 2. The normalized spacial score (nSPS) is 11.1. The molecule has 1 amide bonds. The first-order chi connectivity index (χ1) is 9.90. The fourth-order valence-electron chi connectivity index (χ4n) is 1.67. The van der Waals surface area contributed by atoms with Crippen LogP contribution in [0, 0.1) is 6.92 Å². The van der Waals surface area contributed by atoms with E-state index in [1.54, 1.807) is 43.3 Å². The number of amides is 1. The predicted molar refractivity (Wildman–Crippen MR) is 77.1 cm³/mol. The Morgan fingerprint density at radius 2 is 1.76 bits per heavy atom. The van der Waals surface area contributed by atoms with E-state index in [9.17, 15) is 18.3 Å². The van der Waals surface area contributed by atoms with Gasteiger partial charge in [0.15, 0.2) is 0 Å². The fraction of sp³-hybridized carbons (Fsp3) is 0.0714. The molecule has 0 aliphatic carbocycles. The molecule has 3 N–H and O–H groups in total. The highest BCUT2D eigenvalue weighted by molar-refractivity contribution is 7.89. The Balaban J connectivity index is 2.15. The summed E-state index contributed by atoms with van der Waals surface area (Å²) in [6.07, 6.45) is 0. The van der Waals surface area contributed by atoms with Gasteiger partial charge in [0, 0.05) is 5.56 Å². The lowest BCUT2D eigenvalue weighted by molar-refractivity contribution is 0.0945. The number of phenols is 1. The van der Waals surface area contributed by atoms with Gasteiger partial charge in [-0.2, -0.15) is 0 Å². The average molecular weight is 306 g/mol. The van der Waals surface area contributed by atoms with Crippen LogP contribution in [0.25, 0.3) is 0 Å². The number of phenolic OH excluding ortho intramolecular Hbond substituents is 1. The standard InChI is InChI=1S/C14H14N2O4S/c1-10-7-8-12(17)13(9-10)21(19,20)16-15-14(18)11-5-3-2-4-6-11/h2-9,16-17H,1H3,(H,15,18). The van der Waals surface area contributed by atoms with Crippen molar-refractivity contribution in [2.75, 3.05) is 0 Å². The smallest absolute Gasteiger partial charge is 0.266 e. The monoisotopic (exact) mass is 306 g/mol. The molecular weight excluding hydrogens is 292 g/mol. The van der Waals surface area contributed by atoms with E-state index in [1.807, 2.05) is 4.83 Å². The molecular formula is C14H14N2O4S. The van der Waals surface area contributed by atoms with E-state index in [2.05, 4.69) is 5.43 Å². The summed E-state index contributed by atoms with van der Waals surface area (Å²) in [5.74, 6) is -0.978. The number of carbonyl (C=O) groups is 1. The van der Waals surface area contributed by atoms with Gasteiger partial charge >= 0.3 is 0 Å². The Bertz CT molecular complexity index is 758. The quantitative estimate of drug-likeness (QED) is 0.742. The van der Waals surface area contributed by atoms with Crippen molar-refractivity contribution in [1.82, 2.24) is 10.3 Å². The van der Waals surface area contributed by atoms with Crippen LogP contribution >= 0.6 is 0 Å². The minimum atomic E-state index is -4.05. The van der Waals surface area contributed by atoms with E-state index in [4.69, 9.17) is 0 Å². The van der Waals surface area contributed by atoms with E-state index in [0.29, 0.717) is 11.1 Å². The summed E-state index contributed by atoms with van der Waals surface area (Å²) >= 11 is 0. The van der Waals surface area contributed by atoms with Gasteiger partial charge in [-0.3, -0.25) is 10.2 Å². The van der Waals surface area contributed by atoms with Gasteiger partial charge in [0.25, 0.3) is 15.9 Å². The predicted octanol–water partition coefficient (Wildman–Crippen LogP) is 1.32. The maximum atomic E-state index is 12.1. The molecule has 0 saturated heterocycles. The number of sulfonamides is 1. The number of aromatic hydroxyl groups is 1. The van der Waals surface area contributed by atoms with Gasteiger partial charge < -0.3 is 5.11 Å². The van der Waals surface area contributed by atoms with Crippen LogP contribution in [0.3, 0.4) is 0 Å². The first-order valence-electron chi connectivity index (χ1n) is 6.07. The molecule has 2 rings (SSSR count). The molecule has 2 aromatic carbocycles. The number of rotatable bonds is 4. The first kappa shape index (κ1) is 15.0. The maximum Gasteiger partial charge on any atom is 0.266 e. The highest BCUT2D eigenvalue weighted by Crippen LogP contribution is 2.22. The van der Waals surface area contributed by atoms with E-state index < -0.39 is 15.9 Å². The number of hydrogen-bond donors (Lipinski definition) is 3. The molecule has 2 aromatic rings. The fourth-order valence-corrected chi connectivity index (χ4v) is 2.69. The van der Waals surface area contributed by atoms with Crippen LogP contribution in [0.1, 0.15) is 15.9 Å². The number of nitrogens with one attached hydrogen (secondary N) is 2. The zero-order chi connectivity index (χ0) is 15.5. The van der Waals surface area contributed by atoms with Gasteiger partial charge in [-0.15, -0.1) is 4.83 Å². The van der Waals surface area contributed by atoms with Gasteiger partial charge in [-0.1, -0.05) is 24.3 Å². The summed E-state index contributed by atoms with van der Waals surface area (Å²) in [5.41, 5.74) is 3.08. The maximum absolute atomic E-state index is 12.1. The summed E-state index contributed by atoms with van der Waals surface area (Å²) < 4.78 is 24.1. The third-order valence-corrected chi connectivity index (χ3v) is 4.02. The number of hydrazine groups is 1. The highest BCUT2D eigenvalue weighted by atomic mass is 32.2. The van der Waals surface area contributed by atoms with Crippen LogP contribution in [-0.4, -0.2) is 19.4 Å². The van der Waals surface area contributed by atoms with Gasteiger partial charge in [-0.25, -0.2) is 8.42 Å². The molecule has 0 unspecified atom stereocenters. The number of hydrogen-bond acceptors (Lipinski definition) is 4. The van der Waals surface area contributed by atoms with Crippen molar-refractivity contribution in [2.24, 2.45) is 0 Å². The molecule has 0 spiro atoms. The zero-order valence-corrected chi connectivity index (χ0v) is 12.0. The van der Waals surface area contributed by atoms with E-state index in [1.165, 1.54) is 12.1 Å². The second-order valence-corrected chi connectivity index (χ2v) is 6.05. The molecule has 0 heterocycles. The second-order valence-electron chi connectivity index (χ2n) is 4.40. The van der Waals surface area contributed by atoms with Crippen molar-refractivity contribution in [3.05, 3.63) is 59.7 Å². The molecule has 0 fully saturated rings. The van der Waals surface area contributed by atoms with E-state index >= 15 is 0 Å². The molecule has 0 aromatic heterocycles. The van der Waals surface area contributed by atoms with Crippen molar-refractivity contribution in [1.29, 1.82) is 0 Å². The zero-order valence-electron chi connectivity index (χ0n) is 11.2. The number of carbonyl (C=O) groups excluding carboxylic acids is 1. The van der Waals surface area contributed by atoms with Crippen LogP contribution in [0.2, 0.25) is 0 Å². The van der Waals surface area contributed by atoms with Crippen LogP contribution in [-0.2, 0) is 10.0 Å². The van der Waals surface area contributed by atoms with Crippen molar-refractivity contribution in [3.63, 3.8) is 0 Å².